The van der Waals surface area contributed by atoms with Crippen LogP contribution in [-0.4, -0.2) is 32.3 Å². The molecule has 142 valence electrons. The van der Waals surface area contributed by atoms with Crippen molar-refractivity contribution in [3.05, 3.63) is 48.0 Å². The third kappa shape index (κ3) is 3.99. The molecule has 0 bridgehead atoms. The first kappa shape index (κ1) is 17.6. The minimum atomic E-state index is -0.326. The van der Waals surface area contributed by atoms with Gasteiger partial charge in [0, 0.05) is 24.2 Å². The first-order valence-corrected chi connectivity index (χ1v) is 9.08. The zero-order valence-electron chi connectivity index (χ0n) is 15.2. The quantitative estimate of drug-likeness (QED) is 0.768. The van der Waals surface area contributed by atoms with E-state index in [1.807, 2.05) is 42.5 Å². The molecule has 1 saturated heterocycles. The maximum absolute atomic E-state index is 12.6. The summed E-state index contributed by atoms with van der Waals surface area (Å²) in [5.41, 5.74) is 8.07. The standard InChI is InChI=1S/C20H23N3O4/c1-25-15-6-3-13(4-7-15)16-12-17(23-22-16)20(24)21-14-5-8-18-19(11-14)27-10-2-9-26-18/h3-8,11,16-17,22-23H,2,9-10,12H2,1H3,(H,21,24). The highest BCUT2D eigenvalue weighted by molar-refractivity contribution is 5.95. The number of rotatable bonds is 4. The second-order valence-electron chi connectivity index (χ2n) is 6.60. The Bertz CT molecular complexity index is 809. The Morgan fingerprint density at radius 3 is 2.63 bits per heavy atom. The second-order valence-corrected chi connectivity index (χ2v) is 6.60. The first-order chi connectivity index (χ1) is 13.2. The fourth-order valence-electron chi connectivity index (χ4n) is 3.25. The predicted molar refractivity (Wildman–Crippen MR) is 101 cm³/mol. The van der Waals surface area contributed by atoms with E-state index in [2.05, 4.69) is 16.2 Å². The fraction of sp³-hybridized carbons (Fsp3) is 0.350. The molecular weight excluding hydrogens is 346 g/mol. The highest BCUT2D eigenvalue weighted by Crippen LogP contribution is 2.32. The van der Waals surface area contributed by atoms with Crippen LogP contribution >= 0.6 is 0 Å². The van der Waals surface area contributed by atoms with Gasteiger partial charge in [0.1, 0.15) is 11.8 Å². The van der Waals surface area contributed by atoms with Crippen molar-refractivity contribution in [1.29, 1.82) is 0 Å². The van der Waals surface area contributed by atoms with E-state index < -0.39 is 0 Å². The molecular formula is C20H23N3O4. The summed E-state index contributed by atoms with van der Waals surface area (Å²) in [6.45, 7) is 1.26. The van der Waals surface area contributed by atoms with Gasteiger partial charge in [-0.15, -0.1) is 0 Å². The van der Waals surface area contributed by atoms with Gasteiger partial charge in [-0.05, 0) is 36.2 Å². The van der Waals surface area contributed by atoms with Crippen molar-refractivity contribution in [3.8, 4) is 17.2 Å². The lowest BCUT2D eigenvalue weighted by Gasteiger charge is -2.13. The van der Waals surface area contributed by atoms with E-state index in [1.54, 1.807) is 7.11 Å². The summed E-state index contributed by atoms with van der Waals surface area (Å²) >= 11 is 0. The van der Waals surface area contributed by atoms with E-state index in [0.717, 1.165) is 17.7 Å². The smallest absolute Gasteiger partial charge is 0.242 e. The molecule has 0 aromatic heterocycles. The van der Waals surface area contributed by atoms with E-state index in [9.17, 15) is 4.79 Å². The molecule has 2 aromatic rings. The maximum atomic E-state index is 12.6. The normalized spacial score (nSPS) is 21.4. The number of hydrogen-bond donors (Lipinski definition) is 3. The molecule has 0 aliphatic carbocycles. The topological polar surface area (TPSA) is 80.9 Å². The van der Waals surface area contributed by atoms with E-state index >= 15 is 0 Å². The second kappa shape index (κ2) is 7.85. The van der Waals surface area contributed by atoms with Crippen LogP contribution in [0, 0.1) is 0 Å². The molecule has 1 fully saturated rings. The van der Waals surface area contributed by atoms with Crippen LogP contribution in [0.15, 0.2) is 42.5 Å². The molecule has 2 unspecified atom stereocenters. The van der Waals surface area contributed by atoms with Gasteiger partial charge in [-0.25, -0.2) is 10.9 Å². The molecule has 2 aliphatic heterocycles. The summed E-state index contributed by atoms with van der Waals surface area (Å²) in [6.07, 6.45) is 1.50. The molecule has 0 radical (unpaired) electrons. The summed E-state index contributed by atoms with van der Waals surface area (Å²) in [5.74, 6) is 2.10. The van der Waals surface area contributed by atoms with Crippen LogP contribution in [0.25, 0.3) is 0 Å². The van der Waals surface area contributed by atoms with Crippen molar-refractivity contribution >= 4 is 11.6 Å². The van der Waals surface area contributed by atoms with Crippen LogP contribution in [0.2, 0.25) is 0 Å². The van der Waals surface area contributed by atoms with Crippen LogP contribution in [0.5, 0.6) is 17.2 Å². The Morgan fingerprint density at radius 1 is 1.07 bits per heavy atom. The van der Waals surface area contributed by atoms with Crippen molar-refractivity contribution in [2.24, 2.45) is 0 Å². The summed E-state index contributed by atoms with van der Waals surface area (Å²) < 4.78 is 16.5. The van der Waals surface area contributed by atoms with Crippen LogP contribution < -0.4 is 30.4 Å². The molecule has 0 saturated carbocycles. The molecule has 4 rings (SSSR count). The molecule has 2 aromatic carbocycles. The fourth-order valence-corrected chi connectivity index (χ4v) is 3.25. The highest BCUT2D eigenvalue weighted by Gasteiger charge is 2.30. The lowest BCUT2D eigenvalue weighted by Crippen LogP contribution is -2.39. The van der Waals surface area contributed by atoms with Gasteiger partial charge in [0.15, 0.2) is 11.5 Å². The molecule has 7 heteroatoms. The van der Waals surface area contributed by atoms with E-state index in [0.29, 0.717) is 36.8 Å². The Labute approximate surface area is 158 Å². The highest BCUT2D eigenvalue weighted by atomic mass is 16.5. The van der Waals surface area contributed by atoms with Gasteiger partial charge < -0.3 is 19.5 Å². The van der Waals surface area contributed by atoms with E-state index in [-0.39, 0.29) is 18.0 Å². The minimum Gasteiger partial charge on any atom is -0.497 e. The molecule has 2 heterocycles. The van der Waals surface area contributed by atoms with Gasteiger partial charge >= 0.3 is 0 Å². The molecule has 2 aliphatic rings. The number of anilines is 1. The van der Waals surface area contributed by atoms with Gasteiger partial charge in [0.25, 0.3) is 0 Å². The third-order valence-corrected chi connectivity index (χ3v) is 4.75. The van der Waals surface area contributed by atoms with Crippen molar-refractivity contribution < 1.29 is 19.0 Å². The van der Waals surface area contributed by atoms with Crippen LogP contribution in [0.4, 0.5) is 5.69 Å². The SMILES string of the molecule is COc1ccc(C2CC(C(=O)Nc3ccc4c(c3)OCCCO4)NN2)cc1. The zero-order chi connectivity index (χ0) is 18.6. The van der Waals surface area contributed by atoms with Gasteiger partial charge in [0.2, 0.25) is 5.91 Å². The molecule has 7 nitrogen and oxygen atoms in total. The molecule has 2 atom stereocenters. The van der Waals surface area contributed by atoms with Gasteiger partial charge in [-0.1, -0.05) is 12.1 Å². The number of hydrogen-bond acceptors (Lipinski definition) is 6. The molecule has 3 N–H and O–H groups in total. The number of carbonyl (C=O) groups excluding carboxylic acids is 1. The average Bonchev–Trinajstić information content (AvgIpc) is 3.08. The van der Waals surface area contributed by atoms with Crippen molar-refractivity contribution in [2.45, 2.75) is 24.9 Å². The predicted octanol–water partition coefficient (Wildman–Crippen LogP) is 2.40. The van der Waals surface area contributed by atoms with Crippen LogP contribution in [0.1, 0.15) is 24.4 Å². The largest absolute Gasteiger partial charge is 0.497 e. The van der Waals surface area contributed by atoms with Crippen molar-refractivity contribution in [3.63, 3.8) is 0 Å². The van der Waals surface area contributed by atoms with E-state index in [4.69, 9.17) is 14.2 Å². The number of amides is 1. The number of hydrazine groups is 1. The number of carbonyl (C=O) groups is 1. The van der Waals surface area contributed by atoms with Gasteiger partial charge in [-0.2, -0.15) is 0 Å². The summed E-state index contributed by atoms with van der Waals surface area (Å²) in [5, 5.41) is 2.95. The third-order valence-electron chi connectivity index (χ3n) is 4.75. The van der Waals surface area contributed by atoms with Crippen LogP contribution in [-0.2, 0) is 4.79 Å². The van der Waals surface area contributed by atoms with Gasteiger partial charge in [0.05, 0.1) is 20.3 Å². The monoisotopic (exact) mass is 369 g/mol. The number of benzene rings is 2. The summed E-state index contributed by atoms with van der Waals surface area (Å²) in [6, 6.07) is 13.0. The number of fused-ring (bicyclic) bond motifs is 1. The molecule has 0 spiro atoms. The number of nitrogens with one attached hydrogen (secondary N) is 3. The lowest BCUT2D eigenvalue weighted by atomic mass is 10.0. The first-order valence-electron chi connectivity index (χ1n) is 9.08. The molecule has 1 amide bonds. The van der Waals surface area contributed by atoms with Crippen molar-refractivity contribution in [1.82, 2.24) is 10.9 Å². The minimum absolute atomic E-state index is 0.0652. The Hall–Kier alpha value is -2.77. The zero-order valence-corrected chi connectivity index (χ0v) is 15.2. The number of ether oxygens (including phenoxy) is 3. The Morgan fingerprint density at radius 2 is 1.85 bits per heavy atom. The van der Waals surface area contributed by atoms with Crippen molar-refractivity contribution in [2.75, 3.05) is 25.6 Å². The lowest BCUT2D eigenvalue weighted by molar-refractivity contribution is -0.117. The molecule has 27 heavy (non-hydrogen) atoms. The Balaban J connectivity index is 1.38. The van der Waals surface area contributed by atoms with E-state index in [1.165, 1.54) is 0 Å². The summed E-state index contributed by atoms with van der Waals surface area (Å²) in [7, 11) is 1.64. The average molecular weight is 369 g/mol. The number of methoxy groups -OCH3 is 1. The maximum Gasteiger partial charge on any atom is 0.242 e. The van der Waals surface area contributed by atoms with Gasteiger partial charge in [-0.3, -0.25) is 4.79 Å². The Kier molecular flexibility index (Phi) is 5.13. The van der Waals surface area contributed by atoms with Crippen LogP contribution in [0.3, 0.4) is 0 Å². The summed E-state index contributed by atoms with van der Waals surface area (Å²) in [4.78, 5) is 12.6.